The fourth-order valence-corrected chi connectivity index (χ4v) is 2.87. The predicted octanol–water partition coefficient (Wildman–Crippen LogP) is 5.32. The molecule has 0 aliphatic heterocycles. The Morgan fingerprint density at radius 2 is 2.05 bits per heavy atom. The van der Waals surface area contributed by atoms with E-state index in [0.717, 1.165) is 24.4 Å². The highest BCUT2D eigenvalue weighted by atomic mass is 35.5. The van der Waals surface area contributed by atoms with E-state index >= 15 is 0 Å². The minimum absolute atomic E-state index is 0.0155. The zero-order valence-electron chi connectivity index (χ0n) is 11.5. The summed E-state index contributed by atoms with van der Waals surface area (Å²) in [6.45, 7) is -0.565. The Morgan fingerprint density at radius 1 is 1.25 bits per heavy atom. The lowest BCUT2D eigenvalue weighted by atomic mass is 10.0. The second-order valence-corrected chi connectivity index (χ2v) is 5.89. The number of rotatable bonds is 4. The van der Waals surface area contributed by atoms with Crippen molar-refractivity contribution in [1.82, 2.24) is 0 Å². The van der Waals surface area contributed by atoms with Crippen LogP contribution < -0.4 is 10.1 Å². The third kappa shape index (κ3) is 4.51. The molecule has 0 bridgehead atoms. The van der Waals surface area contributed by atoms with Gasteiger partial charge < -0.3 is 10.1 Å². The molecular formula is C15H20ClF2NO. The summed E-state index contributed by atoms with van der Waals surface area (Å²) in [6, 6.07) is 5.29. The van der Waals surface area contributed by atoms with Gasteiger partial charge in [-0.3, -0.25) is 0 Å². The monoisotopic (exact) mass is 303 g/mol. The minimum Gasteiger partial charge on any atom is -0.433 e. The highest BCUT2D eigenvalue weighted by Gasteiger charge is 2.16. The molecular weight excluding hydrogens is 284 g/mol. The van der Waals surface area contributed by atoms with Crippen molar-refractivity contribution in [1.29, 1.82) is 0 Å². The van der Waals surface area contributed by atoms with Crippen molar-refractivity contribution in [3.05, 3.63) is 23.2 Å². The molecule has 1 aromatic carbocycles. The summed E-state index contributed by atoms with van der Waals surface area (Å²) in [6.07, 6.45) is 5.99. The second-order valence-electron chi connectivity index (χ2n) is 5.48. The number of hydrogen-bond acceptors (Lipinski definition) is 2. The molecule has 1 N–H and O–H groups in total. The summed E-state index contributed by atoms with van der Waals surface area (Å²) >= 11 is 5.95. The van der Waals surface area contributed by atoms with Gasteiger partial charge in [-0.25, -0.2) is 0 Å². The first kappa shape index (κ1) is 15.4. The number of halogens is 3. The molecule has 0 radical (unpaired) electrons. The van der Waals surface area contributed by atoms with E-state index in [9.17, 15) is 8.78 Å². The van der Waals surface area contributed by atoms with Crippen LogP contribution in [-0.2, 0) is 0 Å². The van der Waals surface area contributed by atoms with Gasteiger partial charge in [-0.05, 0) is 43.4 Å². The van der Waals surface area contributed by atoms with Crippen molar-refractivity contribution in [3.63, 3.8) is 0 Å². The van der Waals surface area contributed by atoms with Crippen LogP contribution in [0.3, 0.4) is 0 Å². The van der Waals surface area contributed by atoms with E-state index in [1.165, 1.54) is 25.3 Å². The van der Waals surface area contributed by atoms with E-state index in [-0.39, 0.29) is 10.8 Å². The molecule has 2 rings (SSSR count). The lowest BCUT2D eigenvalue weighted by Crippen LogP contribution is -2.18. The highest BCUT2D eigenvalue weighted by Crippen LogP contribution is 2.31. The second kappa shape index (κ2) is 7.11. The van der Waals surface area contributed by atoms with Crippen molar-refractivity contribution in [2.75, 3.05) is 5.32 Å². The zero-order chi connectivity index (χ0) is 14.5. The van der Waals surface area contributed by atoms with Gasteiger partial charge in [0.05, 0.1) is 5.02 Å². The molecule has 0 aromatic heterocycles. The Kier molecular flexibility index (Phi) is 5.46. The molecule has 2 atom stereocenters. The fourth-order valence-electron chi connectivity index (χ4n) is 2.65. The smallest absolute Gasteiger partial charge is 0.387 e. The van der Waals surface area contributed by atoms with Gasteiger partial charge in [0.15, 0.2) is 0 Å². The van der Waals surface area contributed by atoms with Crippen LogP contribution in [-0.4, -0.2) is 12.7 Å². The van der Waals surface area contributed by atoms with Crippen molar-refractivity contribution >= 4 is 17.3 Å². The lowest BCUT2D eigenvalue weighted by molar-refractivity contribution is -0.0497. The number of alkyl halides is 2. The van der Waals surface area contributed by atoms with Crippen LogP contribution in [0.1, 0.15) is 39.0 Å². The molecule has 0 amide bonds. The first-order valence-corrected chi connectivity index (χ1v) is 7.43. The van der Waals surface area contributed by atoms with Crippen molar-refractivity contribution in [3.8, 4) is 5.75 Å². The van der Waals surface area contributed by atoms with Gasteiger partial charge in [0, 0.05) is 11.7 Å². The summed E-state index contributed by atoms with van der Waals surface area (Å²) in [7, 11) is 0. The summed E-state index contributed by atoms with van der Waals surface area (Å²) in [5.41, 5.74) is 0.858. The van der Waals surface area contributed by atoms with E-state index < -0.39 is 6.61 Å². The van der Waals surface area contributed by atoms with E-state index in [4.69, 9.17) is 11.6 Å². The molecule has 1 aromatic rings. The summed E-state index contributed by atoms with van der Waals surface area (Å²) in [4.78, 5) is 0. The molecule has 5 heteroatoms. The lowest BCUT2D eigenvalue weighted by Gasteiger charge is -2.18. The molecule has 112 valence electrons. The third-order valence-corrected chi connectivity index (χ3v) is 4.07. The standard InChI is InChI=1S/C15H20ClF2NO/c1-10-3-2-4-11(6-5-10)19-12-7-8-14(13(16)9-12)20-15(17)18/h7-11,15,19H,2-6H2,1H3. The van der Waals surface area contributed by atoms with Crippen LogP contribution in [0.2, 0.25) is 5.02 Å². The van der Waals surface area contributed by atoms with Crippen molar-refractivity contribution in [2.24, 2.45) is 5.92 Å². The molecule has 2 unspecified atom stereocenters. The van der Waals surface area contributed by atoms with Gasteiger partial charge in [0.25, 0.3) is 0 Å². The maximum Gasteiger partial charge on any atom is 0.387 e. The quantitative estimate of drug-likeness (QED) is 0.760. The number of benzene rings is 1. The molecule has 0 heterocycles. The van der Waals surface area contributed by atoms with E-state index in [2.05, 4.69) is 17.0 Å². The largest absolute Gasteiger partial charge is 0.433 e. The summed E-state index contributed by atoms with van der Waals surface area (Å²) in [5, 5.41) is 3.64. The van der Waals surface area contributed by atoms with Crippen LogP contribution in [0.25, 0.3) is 0 Å². The average Bonchev–Trinajstić information content (AvgIpc) is 2.58. The SMILES string of the molecule is CC1CCCC(Nc2ccc(OC(F)F)c(Cl)c2)CC1. The summed E-state index contributed by atoms with van der Waals surface area (Å²) < 4.78 is 28.6. The fraction of sp³-hybridized carbons (Fsp3) is 0.600. The number of anilines is 1. The summed E-state index contributed by atoms with van der Waals surface area (Å²) in [5.74, 6) is 0.800. The number of hydrogen-bond donors (Lipinski definition) is 1. The van der Waals surface area contributed by atoms with Gasteiger partial charge in [-0.1, -0.05) is 31.4 Å². The van der Waals surface area contributed by atoms with Crippen LogP contribution >= 0.6 is 11.6 Å². The molecule has 0 spiro atoms. The first-order chi connectivity index (χ1) is 9.54. The Bertz CT molecular complexity index is 442. The molecule has 1 aliphatic carbocycles. The van der Waals surface area contributed by atoms with Gasteiger partial charge in [-0.2, -0.15) is 8.78 Å². The van der Waals surface area contributed by atoms with Gasteiger partial charge in [0.1, 0.15) is 5.75 Å². The van der Waals surface area contributed by atoms with E-state index in [0.29, 0.717) is 6.04 Å². The molecule has 1 aliphatic rings. The molecule has 2 nitrogen and oxygen atoms in total. The molecule has 0 saturated heterocycles. The minimum atomic E-state index is -2.85. The number of nitrogens with one attached hydrogen (secondary N) is 1. The third-order valence-electron chi connectivity index (χ3n) is 3.78. The Balaban J connectivity index is 1.97. The van der Waals surface area contributed by atoms with Crippen LogP contribution in [0.4, 0.5) is 14.5 Å². The number of ether oxygens (including phenoxy) is 1. The molecule has 20 heavy (non-hydrogen) atoms. The predicted molar refractivity (Wildman–Crippen MR) is 77.7 cm³/mol. The van der Waals surface area contributed by atoms with Gasteiger partial charge >= 0.3 is 6.61 Å². The van der Waals surface area contributed by atoms with Gasteiger partial charge in [0.2, 0.25) is 0 Å². The topological polar surface area (TPSA) is 21.3 Å². The van der Waals surface area contributed by atoms with Gasteiger partial charge in [-0.15, -0.1) is 0 Å². The van der Waals surface area contributed by atoms with Crippen LogP contribution in [0, 0.1) is 5.92 Å². The van der Waals surface area contributed by atoms with Crippen LogP contribution in [0.15, 0.2) is 18.2 Å². The normalized spacial score (nSPS) is 23.4. The first-order valence-electron chi connectivity index (χ1n) is 7.05. The van der Waals surface area contributed by atoms with E-state index in [1.807, 2.05) is 0 Å². The van der Waals surface area contributed by atoms with Crippen molar-refractivity contribution < 1.29 is 13.5 Å². The Morgan fingerprint density at radius 3 is 2.75 bits per heavy atom. The van der Waals surface area contributed by atoms with E-state index in [1.54, 1.807) is 12.1 Å². The average molecular weight is 304 g/mol. The van der Waals surface area contributed by atoms with Crippen LogP contribution in [0.5, 0.6) is 5.75 Å². The highest BCUT2D eigenvalue weighted by molar-refractivity contribution is 6.32. The maximum absolute atomic E-state index is 12.2. The maximum atomic E-state index is 12.2. The molecule has 1 fully saturated rings. The Labute approximate surface area is 123 Å². The van der Waals surface area contributed by atoms with Crippen molar-refractivity contribution in [2.45, 2.75) is 51.7 Å². The zero-order valence-corrected chi connectivity index (χ0v) is 12.3. The Hall–Kier alpha value is -1.03. The molecule has 1 saturated carbocycles.